The highest BCUT2D eigenvalue weighted by Gasteiger charge is 2.28. The molecule has 0 aliphatic carbocycles. The van der Waals surface area contributed by atoms with Crippen molar-refractivity contribution >= 4 is 11.8 Å². The fraction of sp³-hybridized carbons (Fsp3) is 0.909. The summed E-state index contributed by atoms with van der Waals surface area (Å²) in [6, 6.07) is 2.85. The summed E-state index contributed by atoms with van der Waals surface area (Å²) in [6.45, 7) is 7.44. The molecule has 0 bridgehead atoms. The maximum absolute atomic E-state index is 8.67. The van der Waals surface area contributed by atoms with Gasteiger partial charge in [0.05, 0.1) is 12.0 Å². The molecule has 1 aliphatic heterocycles. The quantitative estimate of drug-likeness (QED) is 0.779. The summed E-state index contributed by atoms with van der Waals surface area (Å²) in [4.78, 5) is 0. The average molecular weight is 212 g/mol. The molecule has 0 aromatic heterocycles. The normalized spacial score (nSPS) is 28.0. The molecule has 0 aromatic rings. The summed E-state index contributed by atoms with van der Waals surface area (Å²) in [5.74, 6) is 2.59. The van der Waals surface area contributed by atoms with Crippen molar-refractivity contribution in [3.05, 3.63) is 0 Å². The zero-order chi connectivity index (χ0) is 10.6. The van der Waals surface area contributed by atoms with Gasteiger partial charge in [-0.05, 0) is 24.5 Å². The van der Waals surface area contributed by atoms with Gasteiger partial charge in [-0.25, -0.2) is 0 Å². The Bertz CT molecular complexity index is 220. The van der Waals surface area contributed by atoms with Crippen molar-refractivity contribution < 1.29 is 0 Å². The van der Waals surface area contributed by atoms with Crippen molar-refractivity contribution in [1.29, 1.82) is 5.26 Å². The van der Waals surface area contributed by atoms with Crippen LogP contribution >= 0.6 is 11.8 Å². The highest BCUT2D eigenvalue weighted by atomic mass is 32.2. The highest BCUT2D eigenvalue weighted by molar-refractivity contribution is 7.99. The predicted octanol–water partition coefficient (Wildman–Crippen LogP) is 2.27. The number of hydrogen-bond acceptors (Lipinski definition) is 3. The smallest absolute Gasteiger partial charge is 0.0666 e. The zero-order valence-electron chi connectivity index (χ0n) is 9.34. The van der Waals surface area contributed by atoms with Crippen LogP contribution in [0.15, 0.2) is 0 Å². The Morgan fingerprint density at radius 2 is 2.36 bits per heavy atom. The van der Waals surface area contributed by atoms with Crippen molar-refractivity contribution in [3.63, 3.8) is 0 Å². The number of rotatable bonds is 3. The number of thioether (sulfide) groups is 1. The lowest BCUT2D eigenvalue weighted by atomic mass is 9.88. The predicted molar refractivity (Wildman–Crippen MR) is 62.3 cm³/mol. The van der Waals surface area contributed by atoms with Crippen LogP contribution in [0.1, 0.15) is 27.2 Å². The van der Waals surface area contributed by atoms with E-state index in [0.29, 0.717) is 11.5 Å². The Morgan fingerprint density at radius 3 is 2.93 bits per heavy atom. The second kappa shape index (κ2) is 5.04. The fourth-order valence-electron chi connectivity index (χ4n) is 1.78. The zero-order valence-corrected chi connectivity index (χ0v) is 10.2. The molecule has 2 unspecified atom stereocenters. The Balaban J connectivity index is 2.28. The first-order valence-corrected chi connectivity index (χ1v) is 6.40. The molecule has 0 saturated carbocycles. The minimum atomic E-state index is 0.130. The third-order valence-electron chi connectivity index (χ3n) is 2.54. The van der Waals surface area contributed by atoms with E-state index in [2.05, 4.69) is 25.2 Å². The minimum absolute atomic E-state index is 0.130. The number of nitriles is 1. The molecule has 0 amide bonds. The van der Waals surface area contributed by atoms with Gasteiger partial charge in [0.2, 0.25) is 0 Å². The van der Waals surface area contributed by atoms with Crippen LogP contribution in [0.3, 0.4) is 0 Å². The summed E-state index contributed by atoms with van der Waals surface area (Å²) >= 11 is 2.02. The molecule has 2 nitrogen and oxygen atoms in total. The standard InChI is InChI=1S/C11H20N2S/c1-9(5-12)6-13-10-4-11(2,3)8-14-7-10/h9-10,13H,4,6-8H2,1-3H3. The third kappa shape index (κ3) is 3.89. The van der Waals surface area contributed by atoms with Crippen LogP contribution in [0, 0.1) is 22.7 Å². The van der Waals surface area contributed by atoms with Crippen LogP contribution < -0.4 is 5.32 Å². The first-order valence-electron chi connectivity index (χ1n) is 5.24. The van der Waals surface area contributed by atoms with Gasteiger partial charge < -0.3 is 5.32 Å². The van der Waals surface area contributed by atoms with Gasteiger partial charge in [0.15, 0.2) is 0 Å². The van der Waals surface area contributed by atoms with Crippen LogP contribution in [0.4, 0.5) is 0 Å². The van der Waals surface area contributed by atoms with Gasteiger partial charge in [-0.3, -0.25) is 0 Å². The van der Waals surface area contributed by atoms with E-state index in [0.717, 1.165) is 6.54 Å². The van der Waals surface area contributed by atoms with E-state index in [1.54, 1.807) is 0 Å². The summed E-state index contributed by atoms with van der Waals surface area (Å²) < 4.78 is 0. The van der Waals surface area contributed by atoms with Gasteiger partial charge in [-0.15, -0.1) is 0 Å². The molecule has 1 aliphatic rings. The lowest BCUT2D eigenvalue weighted by molar-refractivity contribution is 0.314. The van der Waals surface area contributed by atoms with Crippen molar-refractivity contribution in [2.75, 3.05) is 18.1 Å². The van der Waals surface area contributed by atoms with Crippen molar-refractivity contribution in [3.8, 4) is 6.07 Å². The average Bonchev–Trinajstić information content (AvgIpc) is 2.12. The maximum atomic E-state index is 8.67. The molecule has 1 saturated heterocycles. The molecule has 0 aromatic carbocycles. The Hall–Kier alpha value is -0.200. The maximum Gasteiger partial charge on any atom is 0.0666 e. The van der Waals surface area contributed by atoms with Crippen LogP contribution in [-0.2, 0) is 0 Å². The Morgan fingerprint density at radius 1 is 1.64 bits per heavy atom. The van der Waals surface area contributed by atoms with E-state index >= 15 is 0 Å². The van der Waals surface area contributed by atoms with E-state index in [-0.39, 0.29) is 5.92 Å². The minimum Gasteiger partial charge on any atom is -0.312 e. The second-order valence-electron chi connectivity index (χ2n) is 5.02. The molecule has 1 heterocycles. The topological polar surface area (TPSA) is 35.8 Å². The van der Waals surface area contributed by atoms with Gasteiger partial charge >= 0.3 is 0 Å². The van der Waals surface area contributed by atoms with Crippen LogP contribution in [0.2, 0.25) is 0 Å². The molecule has 14 heavy (non-hydrogen) atoms. The number of hydrogen-bond donors (Lipinski definition) is 1. The Labute approximate surface area is 91.4 Å². The van der Waals surface area contributed by atoms with Crippen molar-refractivity contribution in [1.82, 2.24) is 5.32 Å². The number of nitrogens with zero attached hydrogens (tertiary/aromatic N) is 1. The van der Waals surface area contributed by atoms with E-state index in [4.69, 9.17) is 5.26 Å². The van der Waals surface area contributed by atoms with Crippen molar-refractivity contribution in [2.45, 2.75) is 33.2 Å². The first-order chi connectivity index (χ1) is 6.53. The van der Waals surface area contributed by atoms with Gasteiger partial charge in [-0.1, -0.05) is 13.8 Å². The van der Waals surface area contributed by atoms with E-state index in [9.17, 15) is 0 Å². The first kappa shape index (κ1) is 11.9. The van der Waals surface area contributed by atoms with Gasteiger partial charge in [0, 0.05) is 18.3 Å². The lowest BCUT2D eigenvalue weighted by Crippen LogP contribution is -2.41. The van der Waals surface area contributed by atoms with Crippen LogP contribution in [-0.4, -0.2) is 24.1 Å². The SMILES string of the molecule is CC(C#N)CNC1CSCC(C)(C)C1. The fourth-order valence-corrected chi connectivity index (χ4v) is 3.09. The van der Waals surface area contributed by atoms with E-state index in [1.165, 1.54) is 17.9 Å². The molecule has 0 radical (unpaired) electrons. The summed E-state index contributed by atoms with van der Waals surface area (Å²) in [6.07, 6.45) is 1.23. The molecule has 0 spiro atoms. The largest absolute Gasteiger partial charge is 0.312 e. The van der Waals surface area contributed by atoms with E-state index in [1.807, 2.05) is 18.7 Å². The molecule has 3 heteroatoms. The molecule has 1 fully saturated rings. The molecule has 80 valence electrons. The van der Waals surface area contributed by atoms with Crippen LogP contribution in [0.5, 0.6) is 0 Å². The second-order valence-corrected chi connectivity index (χ2v) is 6.05. The summed E-state index contributed by atoms with van der Waals surface area (Å²) in [7, 11) is 0. The van der Waals surface area contributed by atoms with Gasteiger partial charge in [-0.2, -0.15) is 17.0 Å². The molecular weight excluding hydrogens is 192 g/mol. The Kier molecular flexibility index (Phi) is 4.28. The van der Waals surface area contributed by atoms with Gasteiger partial charge in [0.25, 0.3) is 0 Å². The highest BCUT2D eigenvalue weighted by Crippen LogP contribution is 2.33. The lowest BCUT2D eigenvalue weighted by Gasteiger charge is -2.35. The number of nitrogens with one attached hydrogen (secondary N) is 1. The molecule has 1 rings (SSSR count). The molecule has 2 atom stereocenters. The third-order valence-corrected chi connectivity index (χ3v) is 4.17. The van der Waals surface area contributed by atoms with E-state index < -0.39 is 0 Å². The molecular formula is C11H20N2S. The van der Waals surface area contributed by atoms with Gasteiger partial charge in [0.1, 0.15) is 0 Å². The summed E-state index contributed by atoms with van der Waals surface area (Å²) in [5.41, 5.74) is 0.455. The van der Waals surface area contributed by atoms with Crippen molar-refractivity contribution in [2.24, 2.45) is 11.3 Å². The monoisotopic (exact) mass is 212 g/mol. The van der Waals surface area contributed by atoms with Crippen LogP contribution in [0.25, 0.3) is 0 Å². The summed E-state index contributed by atoms with van der Waals surface area (Å²) in [5, 5.41) is 12.2. The molecule has 1 N–H and O–H groups in total.